The minimum atomic E-state index is -2.51. The normalized spacial score (nSPS) is 29.5. The summed E-state index contributed by atoms with van der Waals surface area (Å²) < 4.78 is 38.8. The molecule has 1 aromatic rings. The maximum Gasteiger partial charge on any atom is 0.244 e. The Labute approximate surface area is 121 Å². The van der Waals surface area contributed by atoms with Crippen LogP contribution in [0.5, 0.6) is 0 Å². The van der Waals surface area contributed by atoms with Gasteiger partial charge in [0, 0.05) is 19.5 Å². The van der Waals surface area contributed by atoms with E-state index in [9.17, 15) is 18.0 Å². The number of fused-ring (bicyclic) bond motifs is 1. The van der Waals surface area contributed by atoms with Crippen LogP contribution >= 0.6 is 0 Å². The predicted octanol–water partition coefficient (Wildman–Crippen LogP) is 2.99. The Balaban J connectivity index is 1.87. The summed E-state index contributed by atoms with van der Waals surface area (Å²) in [5, 5.41) is 3.37. The van der Waals surface area contributed by atoms with Gasteiger partial charge in [0.05, 0.1) is 11.5 Å². The molecular formula is C15H17F3N2O. The molecule has 3 rings (SSSR count). The molecule has 2 aliphatic rings. The van der Waals surface area contributed by atoms with E-state index in [0.29, 0.717) is 25.1 Å². The van der Waals surface area contributed by atoms with Gasteiger partial charge in [-0.25, -0.2) is 18.2 Å². The zero-order valence-electron chi connectivity index (χ0n) is 11.7. The van der Waals surface area contributed by atoms with Crippen LogP contribution in [0.15, 0.2) is 24.3 Å². The number of amides is 1. The lowest BCUT2D eigenvalue weighted by Gasteiger charge is -2.26. The van der Waals surface area contributed by atoms with E-state index in [1.165, 1.54) is 12.1 Å². The van der Waals surface area contributed by atoms with Crippen molar-refractivity contribution in [2.75, 3.05) is 13.1 Å². The summed E-state index contributed by atoms with van der Waals surface area (Å²) in [6, 6.07) is 5.87. The highest BCUT2D eigenvalue weighted by atomic mass is 19.3. The van der Waals surface area contributed by atoms with Gasteiger partial charge in [-0.1, -0.05) is 12.1 Å². The van der Waals surface area contributed by atoms with Crippen molar-refractivity contribution in [2.45, 2.75) is 32.2 Å². The summed E-state index contributed by atoms with van der Waals surface area (Å²) in [4.78, 5) is 12.6. The molecule has 2 saturated heterocycles. The van der Waals surface area contributed by atoms with Gasteiger partial charge in [-0.15, -0.1) is 0 Å². The molecule has 2 heterocycles. The van der Waals surface area contributed by atoms with Gasteiger partial charge in [-0.2, -0.15) is 0 Å². The van der Waals surface area contributed by atoms with E-state index >= 15 is 0 Å². The fraction of sp³-hybridized carbons (Fsp3) is 0.533. The number of rotatable bonds is 3. The van der Waals surface area contributed by atoms with Gasteiger partial charge >= 0.3 is 0 Å². The molecule has 0 spiro atoms. The maximum atomic E-state index is 13.4. The van der Waals surface area contributed by atoms with Crippen LogP contribution in [0.4, 0.5) is 13.2 Å². The molecule has 0 bridgehead atoms. The lowest BCUT2D eigenvalue weighted by molar-refractivity contribution is -0.143. The third-order valence-corrected chi connectivity index (χ3v) is 4.35. The third-order valence-electron chi connectivity index (χ3n) is 4.35. The average molecular weight is 298 g/mol. The highest BCUT2D eigenvalue weighted by Crippen LogP contribution is 2.44. The summed E-state index contributed by atoms with van der Waals surface area (Å²) in [7, 11) is 0. The average Bonchev–Trinajstić information content (AvgIpc) is 2.89. The summed E-state index contributed by atoms with van der Waals surface area (Å²) >= 11 is 0. The van der Waals surface area contributed by atoms with Crippen LogP contribution in [-0.4, -0.2) is 35.4 Å². The molecule has 0 saturated carbocycles. The monoisotopic (exact) mass is 298 g/mol. The molecule has 3 nitrogen and oxygen atoms in total. The topological polar surface area (TPSA) is 23.6 Å². The summed E-state index contributed by atoms with van der Waals surface area (Å²) in [5.74, 6) is -0.637. The lowest BCUT2D eigenvalue weighted by atomic mass is 9.86. The van der Waals surface area contributed by atoms with Gasteiger partial charge in [0.1, 0.15) is 5.82 Å². The Morgan fingerprint density at radius 3 is 2.86 bits per heavy atom. The van der Waals surface area contributed by atoms with Gasteiger partial charge in [0.25, 0.3) is 0 Å². The quantitative estimate of drug-likeness (QED) is 0.856. The summed E-state index contributed by atoms with van der Waals surface area (Å²) in [5.41, 5.74) is -0.340. The zero-order valence-corrected chi connectivity index (χ0v) is 11.7. The SMILES string of the molecule is CC1(CC(F)F)CN2CC[C@@H](c3cccc(F)c3)N2C1=O. The minimum absolute atomic E-state index is 0.257. The number of hydrogen-bond acceptors (Lipinski definition) is 2. The number of carbonyl (C=O) groups excluding carboxylic acids is 1. The molecule has 2 fully saturated rings. The molecule has 0 aromatic heterocycles. The second-order valence-electron chi connectivity index (χ2n) is 6.05. The highest BCUT2D eigenvalue weighted by molar-refractivity contribution is 5.85. The van der Waals surface area contributed by atoms with Gasteiger partial charge in [-0.3, -0.25) is 9.80 Å². The van der Waals surface area contributed by atoms with Crippen molar-refractivity contribution in [1.29, 1.82) is 0 Å². The molecule has 21 heavy (non-hydrogen) atoms. The number of benzene rings is 1. The molecule has 0 aliphatic carbocycles. The first-order chi connectivity index (χ1) is 9.90. The second kappa shape index (κ2) is 5.02. The highest BCUT2D eigenvalue weighted by Gasteiger charge is 2.53. The number of halogens is 3. The molecule has 1 amide bonds. The fourth-order valence-electron chi connectivity index (χ4n) is 3.38. The molecule has 2 aliphatic heterocycles. The first-order valence-electron chi connectivity index (χ1n) is 7.03. The van der Waals surface area contributed by atoms with Crippen molar-refractivity contribution in [2.24, 2.45) is 5.41 Å². The van der Waals surface area contributed by atoms with Crippen LogP contribution in [0.25, 0.3) is 0 Å². The van der Waals surface area contributed by atoms with Gasteiger partial charge in [0.15, 0.2) is 0 Å². The number of carbonyl (C=O) groups is 1. The Hall–Kier alpha value is -1.56. The molecule has 0 radical (unpaired) electrons. The third kappa shape index (κ3) is 2.41. The van der Waals surface area contributed by atoms with Crippen LogP contribution in [0.3, 0.4) is 0 Å². The van der Waals surface area contributed by atoms with Gasteiger partial charge in [-0.05, 0) is 31.0 Å². The molecule has 2 atom stereocenters. The molecule has 114 valence electrons. The van der Waals surface area contributed by atoms with Crippen molar-refractivity contribution in [1.82, 2.24) is 10.0 Å². The number of hydrogen-bond donors (Lipinski definition) is 0. The van der Waals surface area contributed by atoms with E-state index in [2.05, 4.69) is 0 Å². The van der Waals surface area contributed by atoms with E-state index in [4.69, 9.17) is 0 Å². The molecule has 6 heteroatoms. The second-order valence-corrected chi connectivity index (χ2v) is 6.05. The van der Waals surface area contributed by atoms with E-state index in [1.54, 1.807) is 24.1 Å². The standard InChI is InChI=1S/C15H17F3N2O/c1-15(8-13(17)18)9-19-6-5-12(20(19)14(15)21)10-3-2-4-11(16)7-10/h2-4,7,12-13H,5-6,8-9H2,1H3/t12-,15?/m0/s1. The largest absolute Gasteiger partial charge is 0.273 e. The smallest absolute Gasteiger partial charge is 0.244 e. The Morgan fingerprint density at radius 2 is 2.19 bits per heavy atom. The fourth-order valence-corrected chi connectivity index (χ4v) is 3.38. The maximum absolute atomic E-state index is 13.4. The van der Waals surface area contributed by atoms with Crippen molar-refractivity contribution >= 4 is 5.91 Å². The van der Waals surface area contributed by atoms with E-state index < -0.39 is 18.3 Å². The van der Waals surface area contributed by atoms with E-state index in [1.807, 2.05) is 5.01 Å². The van der Waals surface area contributed by atoms with Crippen LogP contribution in [0.1, 0.15) is 31.4 Å². The van der Waals surface area contributed by atoms with E-state index in [0.717, 1.165) is 0 Å². The number of nitrogens with zero attached hydrogens (tertiary/aromatic N) is 2. The molecular weight excluding hydrogens is 281 g/mol. The first-order valence-corrected chi connectivity index (χ1v) is 7.03. The summed E-state index contributed by atoms with van der Waals surface area (Å²) in [6.45, 7) is 2.52. The van der Waals surface area contributed by atoms with Gasteiger partial charge in [0.2, 0.25) is 12.3 Å². The van der Waals surface area contributed by atoms with Gasteiger partial charge < -0.3 is 0 Å². The number of hydrazine groups is 1. The van der Waals surface area contributed by atoms with Crippen molar-refractivity contribution in [3.05, 3.63) is 35.6 Å². The Bertz CT molecular complexity index is 566. The molecule has 0 N–H and O–H groups in total. The van der Waals surface area contributed by atoms with Crippen molar-refractivity contribution < 1.29 is 18.0 Å². The first kappa shape index (κ1) is 14.4. The van der Waals surface area contributed by atoms with Crippen molar-refractivity contribution in [3.63, 3.8) is 0 Å². The minimum Gasteiger partial charge on any atom is -0.273 e. The Morgan fingerprint density at radius 1 is 1.43 bits per heavy atom. The number of alkyl halides is 2. The predicted molar refractivity (Wildman–Crippen MR) is 70.9 cm³/mol. The van der Waals surface area contributed by atoms with Crippen LogP contribution in [-0.2, 0) is 4.79 Å². The Kier molecular flexibility index (Phi) is 3.43. The van der Waals surface area contributed by atoms with Crippen molar-refractivity contribution in [3.8, 4) is 0 Å². The molecule has 1 unspecified atom stereocenters. The van der Waals surface area contributed by atoms with Crippen LogP contribution in [0.2, 0.25) is 0 Å². The van der Waals surface area contributed by atoms with E-state index in [-0.39, 0.29) is 17.8 Å². The lowest BCUT2D eigenvalue weighted by Crippen LogP contribution is -2.36. The summed E-state index contributed by atoms with van der Waals surface area (Å²) in [6.07, 6.45) is -2.25. The molecule has 1 aromatic carbocycles. The zero-order chi connectivity index (χ0) is 15.2. The van der Waals surface area contributed by atoms with Crippen LogP contribution in [0, 0.1) is 11.2 Å². The van der Waals surface area contributed by atoms with Crippen LogP contribution < -0.4 is 0 Å².